The highest BCUT2D eigenvalue weighted by atomic mass is 16.5. The molecule has 1 heterocycles. The molecule has 124 valence electrons. The maximum Gasteiger partial charge on any atom is 0.0947 e. The first-order valence-corrected chi connectivity index (χ1v) is 7.92. The summed E-state index contributed by atoms with van der Waals surface area (Å²) in [5.41, 5.74) is 2.25. The van der Waals surface area contributed by atoms with Crippen LogP contribution >= 0.6 is 0 Å². The zero-order valence-corrected chi connectivity index (χ0v) is 13.9. The van der Waals surface area contributed by atoms with E-state index in [0.717, 1.165) is 30.8 Å². The smallest absolute Gasteiger partial charge is 0.0947 e. The monoisotopic (exact) mass is 308 g/mol. The van der Waals surface area contributed by atoms with Crippen LogP contribution in [-0.2, 0) is 9.47 Å². The Morgan fingerprint density at radius 3 is 2.50 bits per heavy atom. The molecule has 5 nitrogen and oxygen atoms in total. The van der Waals surface area contributed by atoms with Crippen LogP contribution in [-0.4, -0.2) is 64.8 Å². The molecule has 0 spiro atoms. The summed E-state index contributed by atoms with van der Waals surface area (Å²) in [5.74, 6) is 0. The van der Waals surface area contributed by atoms with Crippen molar-refractivity contribution in [3.05, 3.63) is 24.3 Å². The summed E-state index contributed by atoms with van der Waals surface area (Å²) in [6.07, 6.45) is 1.89. The second kappa shape index (κ2) is 8.36. The quantitative estimate of drug-likeness (QED) is 0.792. The third-order valence-electron chi connectivity index (χ3n) is 3.93. The van der Waals surface area contributed by atoms with E-state index in [4.69, 9.17) is 9.47 Å². The van der Waals surface area contributed by atoms with Crippen molar-refractivity contribution < 1.29 is 14.6 Å². The molecule has 22 heavy (non-hydrogen) atoms. The number of anilines is 2. The predicted octanol–water partition coefficient (Wildman–Crippen LogP) is 1.75. The maximum absolute atomic E-state index is 10.1. The summed E-state index contributed by atoms with van der Waals surface area (Å²) >= 11 is 0. The molecule has 1 aliphatic rings. The Bertz CT molecular complexity index is 430. The second-order valence-electron chi connectivity index (χ2n) is 6.12. The average molecular weight is 308 g/mol. The summed E-state index contributed by atoms with van der Waals surface area (Å²) in [6.45, 7) is 2.31. The van der Waals surface area contributed by atoms with Crippen molar-refractivity contribution in [2.45, 2.75) is 25.0 Å². The van der Waals surface area contributed by atoms with E-state index in [1.165, 1.54) is 0 Å². The number of rotatable bonds is 8. The third-order valence-corrected chi connectivity index (χ3v) is 3.93. The van der Waals surface area contributed by atoms with E-state index in [9.17, 15) is 5.11 Å². The molecular weight excluding hydrogens is 280 g/mol. The van der Waals surface area contributed by atoms with Crippen LogP contribution < -0.4 is 9.80 Å². The van der Waals surface area contributed by atoms with Gasteiger partial charge in [-0.2, -0.15) is 0 Å². The van der Waals surface area contributed by atoms with Gasteiger partial charge in [0.05, 0.1) is 25.4 Å². The van der Waals surface area contributed by atoms with Crippen molar-refractivity contribution in [2.24, 2.45) is 0 Å². The summed E-state index contributed by atoms with van der Waals surface area (Å²) in [6, 6.07) is 8.28. The highest BCUT2D eigenvalue weighted by molar-refractivity contribution is 5.55. The van der Waals surface area contributed by atoms with Crippen molar-refractivity contribution in [3.63, 3.8) is 0 Å². The normalized spacial score (nSPS) is 19.2. The van der Waals surface area contributed by atoms with E-state index < -0.39 is 6.10 Å². The fourth-order valence-corrected chi connectivity index (χ4v) is 2.59. The fraction of sp³-hybridized carbons (Fsp3) is 0.647. The van der Waals surface area contributed by atoms with E-state index in [0.29, 0.717) is 19.8 Å². The molecular formula is C17H28N2O3. The van der Waals surface area contributed by atoms with Gasteiger partial charge in [-0.25, -0.2) is 0 Å². The summed E-state index contributed by atoms with van der Waals surface area (Å²) < 4.78 is 11.1. The van der Waals surface area contributed by atoms with Gasteiger partial charge in [0.1, 0.15) is 0 Å². The van der Waals surface area contributed by atoms with E-state index in [1.54, 1.807) is 0 Å². The lowest BCUT2D eigenvalue weighted by Gasteiger charge is -2.24. The van der Waals surface area contributed by atoms with Gasteiger partial charge in [0.2, 0.25) is 0 Å². The zero-order chi connectivity index (χ0) is 15.9. The number of aliphatic hydroxyl groups is 1. The zero-order valence-electron chi connectivity index (χ0n) is 13.9. The number of nitrogens with zero attached hydrogens (tertiary/aromatic N) is 2. The van der Waals surface area contributed by atoms with Gasteiger partial charge < -0.3 is 24.4 Å². The molecule has 1 saturated heterocycles. The number of likely N-dealkylation sites (N-methyl/N-ethyl adjacent to an activating group) is 1. The van der Waals surface area contributed by atoms with Gasteiger partial charge in [0, 0.05) is 45.7 Å². The molecule has 2 unspecified atom stereocenters. The van der Waals surface area contributed by atoms with Crippen molar-refractivity contribution in [1.82, 2.24) is 0 Å². The second-order valence-corrected chi connectivity index (χ2v) is 6.12. The van der Waals surface area contributed by atoms with Gasteiger partial charge in [0.15, 0.2) is 0 Å². The molecule has 0 bridgehead atoms. The van der Waals surface area contributed by atoms with Gasteiger partial charge in [-0.1, -0.05) is 0 Å². The molecule has 1 N–H and O–H groups in total. The minimum Gasteiger partial charge on any atom is -0.389 e. The Hall–Kier alpha value is -1.30. The molecule has 1 fully saturated rings. The number of ether oxygens (including phenoxy) is 2. The Morgan fingerprint density at radius 2 is 1.91 bits per heavy atom. The van der Waals surface area contributed by atoms with Crippen LogP contribution in [0.5, 0.6) is 0 Å². The highest BCUT2D eigenvalue weighted by Gasteiger charge is 2.16. The van der Waals surface area contributed by atoms with Gasteiger partial charge in [-0.05, 0) is 37.1 Å². The number of aliphatic hydroxyl groups excluding tert-OH is 1. The molecule has 1 aliphatic heterocycles. The molecule has 0 aromatic heterocycles. The summed E-state index contributed by atoms with van der Waals surface area (Å²) in [7, 11) is 6.02. The molecule has 2 rings (SSSR count). The molecule has 0 aliphatic carbocycles. The van der Waals surface area contributed by atoms with E-state index in [2.05, 4.69) is 29.2 Å². The summed E-state index contributed by atoms with van der Waals surface area (Å²) in [4.78, 5) is 4.11. The number of benzene rings is 1. The largest absolute Gasteiger partial charge is 0.389 e. The molecule has 0 amide bonds. The van der Waals surface area contributed by atoms with E-state index in [1.807, 2.05) is 26.0 Å². The molecule has 1 aromatic rings. The average Bonchev–Trinajstić information content (AvgIpc) is 3.00. The van der Waals surface area contributed by atoms with Crippen molar-refractivity contribution >= 4 is 11.4 Å². The minimum atomic E-state index is -0.500. The van der Waals surface area contributed by atoms with Crippen molar-refractivity contribution in [1.29, 1.82) is 0 Å². The Morgan fingerprint density at radius 1 is 1.23 bits per heavy atom. The van der Waals surface area contributed by atoms with E-state index >= 15 is 0 Å². The standard InChI is InChI=1S/C17H28N2O3/c1-18(2)14-6-8-15(9-7-14)19(3)11-16(20)12-21-13-17-5-4-10-22-17/h6-9,16-17,20H,4-5,10-13H2,1-3H3. The topological polar surface area (TPSA) is 45.2 Å². The van der Waals surface area contributed by atoms with Crippen LogP contribution in [0.3, 0.4) is 0 Å². The molecule has 0 saturated carbocycles. The van der Waals surface area contributed by atoms with Crippen LogP contribution in [0.25, 0.3) is 0 Å². The predicted molar refractivity (Wildman–Crippen MR) is 89.8 cm³/mol. The lowest BCUT2D eigenvalue weighted by Crippen LogP contribution is -2.33. The van der Waals surface area contributed by atoms with Crippen molar-refractivity contribution in [2.75, 3.05) is 57.3 Å². The first-order chi connectivity index (χ1) is 10.6. The van der Waals surface area contributed by atoms with Crippen LogP contribution in [0.2, 0.25) is 0 Å². The van der Waals surface area contributed by atoms with Crippen LogP contribution in [0, 0.1) is 0 Å². The lowest BCUT2D eigenvalue weighted by molar-refractivity contribution is -0.0147. The first kappa shape index (κ1) is 17.1. The Kier molecular flexibility index (Phi) is 6.49. The molecule has 0 radical (unpaired) electrons. The van der Waals surface area contributed by atoms with Gasteiger partial charge >= 0.3 is 0 Å². The number of hydrogen-bond acceptors (Lipinski definition) is 5. The van der Waals surface area contributed by atoms with Gasteiger partial charge in [-0.3, -0.25) is 0 Å². The van der Waals surface area contributed by atoms with Crippen LogP contribution in [0.1, 0.15) is 12.8 Å². The van der Waals surface area contributed by atoms with Crippen molar-refractivity contribution in [3.8, 4) is 0 Å². The van der Waals surface area contributed by atoms with Crippen LogP contribution in [0.4, 0.5) is 11.4 Å². The molecule has 1 aromatic carbocycles. The first-order valence-electron chi connectivity index (χ1n) is 7.92. The Labute approximate surface area is 133 Å². The Balaban J connectivity index is 1.71. The van der Waals surface area contributed by atoms with Crippen LogP contribution in [0.15, 0.2) is 24.3 Å². The molecule has 5 heteroatoms. The SMILES string of the molecule is CN(C)c1ccc(N(C)CC(O)COCC2CCCO2)cc1. The van der Waals surface area contributed by atoms with Gasteiger partial charge in [0.25, 0.3) is 0 Å². The molecule has 2 atom stereocenters. The lowest BCUT2D eigenvalue weighted by atomic mass is 10.2. The third kappa shape index (κ3) is 5.16. The van der Waals surface area contributed by atoms with Gasteiger partial charge in [-0.15, -0.1) is 0 Å². The summed E-state index contributed by atoms with van der Waals surface area (Å²) in [5, 5.41) is 10.1. The highest BCUT2D eigenvalue weighted by Crippen LogP contribution is 2.18. The van der Waals surface area contributed by atoms with E-state index in [-0.39, 0.29) is 6.10 Å². The minimum absolute atomic E-state index is 0.212. The fourth-order valence-electron chi connectivity index (χ4n) is 2.59. The number of hydrogen-bond donors (Lipinski definition) is 1. The maximum atomic E-state index is 10.1.